The monoisotopic (exact) mass is 424 g/mol. The predicted octanol–water partition coefficient (Wildman–Crippen LogP) is 4.16. The second-order valence-corrected chi connectivity index (χ2v) is 8.53. The van der Waals surface area contributed by atoms with Gasteiger partial charge in [0.1, 0.15) is 5.60 Å². The van der Waals surface area contributed by atoms with Crippen LogP contribution in [0.3, 0.4) is 0 Å². The van der Waals surface area contributed by atoms with E-state index >= 15 is 0 Å². The van der Waals surface area contributed by atoms with Crippen molar-refractivity contribution in [2.45, 2.75) is 52.4 Å². The van der Waals surface area contributed by atoms with Gasteiger partial charge in [-0.1, -0.05) is 30.3 Å². The van der Waals surface area contributed by atoms with Crippen molar-refractivity contribution in [1.82, 2.24) is 4.90 Å². The summed E-state index contributed by atoms with van der Waals surface area (Å²) in [7, 11) is 0. The topological polar surface area (TPSA) is 84.9 Å². The molecule has 3 rings (SSSR count). The number of nitrogens with one attached hydrogen (secondary N) is 1. The SMILES string of the molecule is CC(OC(=O)c1cccc(NC(=O)OC(C)(C)C)c1)C(=O)N1CCc2ccccc2C1. The van der Waals surface area contributed by atoms with Gasteiger partial charge in [-0.05, 0) is 63.4 Å². The Hall–Kier alpha value is -3.35. The maximum absolute atomic E-state index is 12.8. The summed E-state index contributed by atoms with van der Waals surface area (Å²) in [5, 5.41) is 2.59. The summed E-state index contributed by atoms with van der Waals surface area (Å²) in [6.45, 7) is 7.96. The van der Waals surface area contributed by atoms with E-state index in [4.69, 9.17) is 9.47 Å². The molecule has 2 aromatic rings. The van der Waals surface area contributed by atoms with E-state index in [0.29, 0.717) is 18.8 Å². The Bertz CT molecular complexity index is 980. The van der Waals surface area contributed by atoms with Crippen LogP contribution in [0.15, 0.2) is 48.5 Å². The second-order valence-electron chi connectivity index (χ2n) is 8.53. The number of fused-ring (bicyclic) bond motifs is 1. The molecule has 0 aromatic heterocycles. The largest absolute Gasteiger partial charge is 0.449 e. The van der Waals surface area contributed by atoms with Crippen molar-refractivity contribution in [3.05, 3.63) is 65.2 Å². The van der Waals surface area contributed by atoms with Crippen molar-refractivity contribution in [2.24, 2.45) is 0 Å². The number of anilines is 1. The fraction of sp³-hybridized carbons (Fsp3) is 0.375. The fourth-order valence-electron chi connectivity index (χ4n) is 3.37. The van der Waals surface area contributed by atoms with Crippen LogP contribution >= 0.6 is 0 Å². The van der Waals surface area contributed by atoms with Crippen LogP contribution in [-0.2, 0) is 27.2 Å². The van der Waals surface area contributed by atoms with Crippen molar-refractivity contribution in [2.75, 3.05) is 11.9 Å². The van der Waals surface area contributed by atoms with Gasteiger partial charge >= 0.3 is 12.1 Å². The van der Waals surface area contributed by atoms with Crippen LogP contribution in [0.4, 0.5) is 10.5 Å². The van der Waals surface area contributed by atoms with Crippen LogP contribution in [0.5, 0.6) is 0 Å². The molecule has 1 aliphatic rings. The standard InChI is InChI=1S/C24H28N2O5/c1-16(21(27)26-13-12-17-8-5-6-9-19(17)15-26)30-22(28)18-10-7-11-20(14-18)25-23(29)31-24(2,3)4/h5-11,14,16H,12-13,15H2,1-4H3,(H,25,29). The normalized spacial score (nSPS) is 14.3. The molecule has 0 spiro atoms. The number of benzene rings is 2. The van der Waals surface area contributed by atoms with Gasteiger partial charge in [0, 0.05) is 18.8 Å². The number of hydrogen-bond donors (Lipinski definition) is 1. The lowest BCUT2D eigenvalue weighted by Crippen LogP contribution is -2.42. The molecule has 0 radical (unpaired) electrons. The van der Waals surface area contributed by atoms with Gasteiger partial charge in [-0.2, -0.15) is 0 Å². The molecular weight excluding hydrogens is 396 g/mol. The fourth-order valence-corrected chi connectivity index (χ4v) is 3.37. The number of rotatable bonds is 4. The molecule has 0 aliphatic carbocycles. The highest BCUT2D eigenvalue weighted by molar-refractivity contribution is 5.94. The van der Waals surface area contributed by atoms with Crippen LogP contribution in [0.25, 0.3) is 0 Å². The van der Waals surface area contributed by atoms with Gasteiger partial charge in [-0.3, -0.25) is 10.1 Å². The number of ether oxygens (including phenoxy) is 2. The highest BCUT2D eigenvalue weighted by atomic mass is 16.6. The summed E-state index contributed by atoms with van der Waals surface area (Å²) >= 11 is 0. The molecule has 31 heavy (non-hydrogen) atoms. The van der Waals surface area contributed by atoms with E-state index in [2.05, 4.69) is 11.4 Å². The zero-order valence-corrected chi connectivity index (χ0v) is 18.3. The van der Waals surface area contributed by atoms with E-state index in [-0.39, 0.29) is 11.5 Å². The summed E-state index contributed by atoms with van der Waals surface area (Å²) in [5.41, 5.74) is 2.35. The Labute approximate surface area is 182 Å². The van der Waals surface area contributed by atoms with E-state index in [1.165, 1.54) is 11.6 Å². The van der Waals surface area contributed by atoms with Crippen molar-refractivity contribution >= 4 is 23.7 Å². The lowest BCUT2D eigenvalue weighted by molar-refractivity contribution is -0.140. The summed E-state index contributed by atoms with van der Waals surface area (Å²) in [6.07, 6.45) is -0.756. The molecule has 164 valence electrons. The van der Waals surface area contributed by atoms with Crippen LogP contribution in [-0.4, -0.2) is 41.1 Å². The van der Waals surface area contributed by atoms with Gasteiger partial charge in [0.05, 0.1) is 5.56 Å². The molecular formula is C24H28N2O5. The number of nitrogens with zero attached hydrogens (tertiary/aromatic N) is 1. The van der Waals surface area contributed by atoms with Crippen molar-refractivity contribution in [3.8, 4) is 0 Å². The Morgan fingerprint density at radius 2 is 1.74 bits per heavy atom. The molecule has 0 bridgehead atoms. The second kappa shape index (κ2) is 9.20. The molecule has 7 nitrogen and oxygen atoms in total. The molecule has 1 N–H and O–H groups in total. The summed E-state index contributed by atoms with van der Waals surface area (Å²) in [5.74, 6) is -0.864. The molecule has 0 saturated heterocycles. The van der Waals surface area contributed by atoms with Gasteiger partial charge in [0.2, 0.25) is 0 Å². The third-order valence-corrected chi connectivity index (χ3v) is 4.82. The highest BCUT2D eigenvalue weighted by Gasteiger charge is 2.27. The smallest absolute Gasteiger partial charge is 0.412 e. The van der Waals surface area contributed by atoms with Crippen molar-refractivity contribution in [1.29, 1.82) is 0 Å². The van der Waals surface area contributed by atoms with Gasteiger partial charge < -0.3 is 14.4 Å². The number of carbonyl (C=O) groups excluding carboxylic acids is 3. The van der Waals surface area contributed by atoms with E-state index < -0.39 is 23.8 Å². The molecule has 1 heterocycles. The average Bonchev–Trinajstić information content (AvgIpc) is 2.71. The third-order valence-electron chi connectivity index (χ3n) is 4.82. The van der Waals surface area contributed by atoms with Crippen LogP contribution in [0, 0.1) is 0 Å². The molecule has 1 aliphatic heterocycles. The lowest BCUT2D eigenvalue weighted by atomic mass is 9.99. The Morgan fingerprint density at radius 3 is 2.45 bits per heavy atom. The van der Waals surface area contributed by atoms with Crippen molar-refractivity contribution in [3.63, 3.8) is 0 Å². The Kier molecular flexibility index (Phi) is 6.63. The quantitative estimate of drug-likeness (QED) is 0.745. The Balaban J connectivity index is 1.59. The first-order valence-electron chi connectivity index (χ1n) is 10.3. The van der Waals surface area contributed by atoms with E-state index in [0.717, 1.165) is 12.0 Å². The van der Waals surface area contributed by atoms with Crippen LogP contribution in [0.2, 0.25) is 0 Å². The van der Waals surface area contributed by atoms with E-state index in [1.807, 2.05) is 18.2 Å². The summed E-state index contributed by atoms with van der Waals surface area (Å²) < 4.78 is 10.6. The molecule has 0 fully saturated rings. The zero-order valence-electron chi connectivity index (χ0n) is 18.3. The number of esters is 1. The van der Waals surface area contributed by atoms with Crippen molar-refractivity contribution < 1.29 is 23.9 Å². The van der Waals surface area contributed by atoms with Gasteiger partial charge in [-0.15, -0.1) is 0 Å². The van der Waals surface area contributed by atoms with Gasteiger partial charge in [0.15, 0.2) is 6.10 Å². The molecule has 7 heteroatoms. The lowest BCUT2D eigenvalue weighted by Gasteiger charge is -2.30. The minimum absolute atomic E-state index is 0.231. The van der Waals surface area contributed by atoms with E-state index in [9.17, 15) is 14.4 Å². The minimum atomic E-state index is -0.916. The zero-order chi connectivity index (χ0) is 22.6. The van der Waals surface area contributed by atoms with Crippen LogP contribution in [0.1, 0.15) is 49.2 Å². The van der Waals surface area contributed by atoms with Gasteiger partial charge in [0.25, 0.3) is 5.91 Å². The first kappa shape index (κ1) is 22.3. The average molecular weight is 424 g/mol. The number of hydrogen-bond acceptors (Lipinski definition) is 5. The molecule has 1 unspecified atom stereocenters. The molecule has 2 aromatic carbocycles. The first-order chi connectivity index (χ1) is 14.6. The summed E-state index contributed by atoms with van der Waals surface area (Å²) in [4.78, 5) is 39.0. The third kappa shape index (κ3) is 6.07. The van der Waals surface area contributed by atoms with Gasteiger partial charge in [-0.25, -0.2) is 9.59 Å². The number of amides is 2. The molecule has 2 amide bonds. The maximum Gasteiger partial charge on any atom is 0.412 e. The summed E-state index contributed by atoms with van der Waals surface area (Å²) in [6, 6.07) is 14.3. The molecule has 0 saturated carbocycles. The van der Waals surface area contributed by atoms with Crippen LogP contribution < -0.4 is 5.32 Å². The highest BCUT2D eigenvalue weighted by Crippen LogP contribution is 2.20. The predicted molar refractivity (Wildman–Crippen MR) is 117 cm³/mol. The number of carbonyl (C=O) groups is 3. The maximum atomic E-state index is 12.8. The molecule has 1 atom stereocenters. The van der Waals surface area contributed by atoms with E-state index in [1.54, 1.807) is 50.8 Å². The first-order valence-corrected chi connectivity index (χ1v) is 10.3. The Morgan fingerprint density at radius 1 is 1.03 bits per heavy atom. The minimum Gasteiger partial charge on any atom is -0.449 e.